The Bertz CT molecular complexity index is 1140. The summed E-state index contributed by atoms with van der Waals surface area (Å²) in [4.78, 5) is 46.3. The first-order valence-corrected chi connectivity index (χ1v) is 12.4. The molecule has 0 aliphatic rings. The number of ether oxygens (including phenoxy) is 1. The fraction of sp³-hybridized carbons (Fsp3) is 0.476. The molecule has 0 aliphatic carbocycles. The normalized spacial score (nSPS) is 14.3. The SMILES string of the molecule is CCC(C)OC(=O)C(Cc1nc2cc(Cl)ccc2nc1CP(=O)(OC)OC)(NC(C)=O)C(=O)O. The average Bonchev–Trinajstić information content (AvgIpc) is 2.78. The van der Waals surface area contributed by atoms with Crippen LogP contribution in [0.2, 0.25) is 5.02 Å². The van der Waals surface area contributed by atoms with Gasteiger partial charge in [-0.3, -0.25) is 9.36 Å². The van der Waals surface area contributed by atoms with Gasteiger partial charge in [0.05, 0.1) is 34.7 Å². The second-order valence-electron chi connectivity index (χ2n) is 7.58. The number of carbonyl (C=O) groups excluding carboxylic acids is 2. The van der Waals surface area contributed by atoms with Crippen LogP contribution in [0.1, 0.15) is 38.6 Å². The smallest absolute Gasteiger partial charge is 0.344 e. The Morgan fingerprint density at radius 2 is 1.79 bits per heavy atom. The number of carboxylic acids is 1. The highest BCUT2D eigenvalue weighted by atomic mass is 35.5. The van der Waals surface area contributed by atoms with Crippen LogP contribution in [0.5, 0.6) is 0 Å². The summed E-state index contributed by atoms with van der Waals surface area (Å²) in [6, 6.07) is 4.66. The predicted octanol–water partition coefficient (Wildman–Crippen LogP) is 3.11. The second-order valence-corrected chi connectivity index (χ2v) is 10.3. The van der Waals surface area contributed by atoms with Crippen molar-refractivity contribution in [2.75, 3.05) is 14.2 Å². The molecule has 1 heterocycles. The van der Waals surface area contributed by atoms with E-state index in [4.69, 9.17) is 25.4 Å². The van der Waals surface area contributed by atoms with Crippen molar-refractivity contribution >= 4 is 48.1 Å². The molecular weight excluding hydrogens is 489 g/mol. The molecule has 11 nitrogen and oxygen atoms in total. The number of aliphatic carboxylic acids is 1. The minimum Gasteiger partial charge on any atom is -0.479 e. The molecule has 2 aromatic rings. The maximum absolute atomic E-state index is 13.1. The monoisotopic (exact) mass is 515 g/mol. The number of rotatable bonds is 11. The number of hydrogen-bond donors (Lipinski definition) is 2. The predicted molar refractivity (Wildman–Crippen MR) is 124 cm³/mol. The first-order valence-electron chi connectivity index (χ1n) is 10.3. The van der Waals surface area contributed by atoms with E-state index in [0.717, 1.165) is 6.92 Å². The molecule has 2 rings (SSSR count). The third-order valence-corrected chi connectivity index (χ3v) is 7.13. The Balaban J connectivity index is 2.74. The molecule has 2 N–H and O–H groups in total. The fourth-order valence-corrected chi connectivity index (χ4v) is 4.25. The fourth-order valence-electron chi connectivity index (χ4n) is 3.06. The largest absolute Gasteiger partial charge is 0.479 e. The maximum Gasteiger partial charge on any atom is 0.344 e. The molecule has 186 valence electrons. The van der Waals surface area contributed by atoms with Gasteiger partial charge in [0.2, 0.25) is 11.4 Å². The van der Waals surface area contributed by atoms with Crippen LogP contribution in [0.3, 0.4) is 0 Å². The van der Waals surface area contributed by atoms with E-state index in [1.807, 2.05) is 0 Å². The topological polar surface area (TPSA) is 154 Å². The highest BCUT2D eigenvalue weighted by molar-refractivity contribution is 7.52. The molecule has 1 aromatic heterocycles. The zero-order valence-corrected chi connectivity index (χ0v) is 21.1. The van der Waals surface area contributed by atoms with Gasteiger partial charge in [0.1, 0.15) is 0 Å². The van der Waals surface area contributed by atoms with Gasteiger partial charge in [-0.15, -0.1) is 0 Å². The van der Waals surface area contributed by atoms with E-state index in [-0.39, 0.29) is 17.5 Å². The number of benzene rings is 1. The number of nitrogens with one attached hydrogen (secondary N) is 1. The Labute approximate surface area is 201 Å². The summed E-state index contributed by atoms with van der Waals surface area (Å²) in [6.45, 7) is 4.42. The first-order chi connectivity index (χ1) is 15.9. The van der Waals surface area contributed by atoms with E-state index in [1.165, 1.54) is 20.3 Å². The van der Waals surface area contributed by atoms with Gasteiger partial charge < -0.3 is 24.2 Å². The van der Waals surface area contributed by atoms with Crippen molar-refractivity contribution in [2.45, 2.75) is 51.4 Å². The van der Waals surface area contributed by atoms with Crippen molar-refractivity contribution in [1.82, 2.24) is 15.3 Å². The van der Waals surface area contributed by atoms with Crippen molar-refractivity contribution < 1.29 is 37.8 Å². The lowest BCUT2D eigenvalue weighted by atomic mass is 9.92. The standard InChI is InChI=1S/C21H27ClN3O8P/c1-6-12(2)33-20(29)21(19(27)28,25-13(3)26)10-17-18(11-34(30,31-4)32-5)23-15-8-7-14(22)9-16(15)24-17/h7-9,12H,6,10-11H2,1-5H3,(H,25,26)(H,27,28). The Hall–Kier alpha value is -2.59. The summed E-state index contributed by atoms with van der Waals surface area (Å²) < 4.78 is 28.1. The Morgan fingerprint density at radius 3 is 2.32 bits per heavy atom. The molecule has 0 saturated heterocycles. The van der Waals surface area contributed by atoms with Gasteiger partial charge in [-0.05, 0) is 31.5 Å². The van der Waals surface area contributed by atoms with E-state index in [0.29, 0.717) is 22.5 Å². The molecule has 0 fully saturated rings. The minimum atomic E-state index is -3.66. The van der Waals surface area contributed by atoms with E-state index >= 15 is 0 Å². The quantitative estimate of drug-likeness (QED) is 0.259. The van der Waals surface area contributed by atoms with Crippen molar-refractivity contribution in [1.29, 1.82) is 0 Å². The number of carboxylic acid groups (broad SMARTS) is 1. The molecule has 13 heteroatoms. The summed E-state index contributed by atoms with van der Waals surface area (Å²) in [7, 11) is -1.27. The number of esters is 1. The van der Waals surface area contributed by atoms with Crippen molar-refractivity contribution in [3.8, 4) is 0 Å². The van der Waals surface area contributed by atoms with Gasteiger partial charge in [-0.2, -0.15) is 0 Å². The van der Waals surface area contributed by atoms with Crippen LogP contribution in [0.4, 0.5) is 0 Å². The number of aromatic nitrogens is 2. The summed E-state index contributed by atoms with van der Waals surface area (Å²) in [5, 5.41) is 12.6. The maximum atomic E-state index is 13.1. The molecule has 1 aromatic carbocycles. The van der Waals surface area contributed by atoms with Crippen molar-refractivity contribution in [3.63, 3.8) is 0 Å². The highest BCUT2D eigenvalue weighted by Gasteiger charge is 2.50. The lowest BCUT2D eigenvalue weighted by Gasteiger charge is -2.29. The molecular formula is C21H27ClN3O8P. The number of hydrogen-bond acceptors (Lipinski definition) is 9. The molecule has 0 radical (unpaired) electrons. The first kappa shape index (κ1) is 27.7. The number of carbonyl (C=O) groups is 3. The van der Waals surface area contributed by atoms with Gasteiger partial charge in [-0.25, -0.2) is 19.6 Å². The third kappa shape index (κ3) is 6.29. The van der Waals surface area contributed by atoms with E-state index in [9.17, 15) is 24.1 Å². The molecule has 2 atom stereocenters. The number of amides is 1. The highest BCUT2D eigenvalue weighted by Crippen LogP contribution is 2.50. The van der Waals surface area contributed by atoms with Crippen LogP contribution in [0, 0.1) is 0 Å². The van der Waals surface area contributed by atoms with Gasteiger partial charge in [0, 0.05) is 32.6 Å². The van der Waals surface area contributed by atoms with Gasteiger partial charge >= 0.3 is 19.5 Å². The summed E-state index contributed by atoms with van der Waals surface area (Å²) in [5.74, 6) is -3.61. The van der Waals surface area contributed by atoms with E-state index < -0.39 is 43.5 Å². The van der Waals surface area contributed by atoms with Crippen LogP contribution in [0.25, 0.3) is 11.0 Å². The molecule has 2 unspecified atom stereocenters. The molecule has 0 aliphatic heterocycles. The van der Waals surface area contributed by atoms with Crippen LogP contribution in [-0.2, 0) is 45.3 Å². The molecule has 34 heavy (non-hydrogen) atoms. The Morgan fingerprint density at radius 1 is 1.18 bits per heavy atom. The van der Waals surface area contributed by atoms with E-state index in [2.05, 4.69) is 15.3 Å². The van der Waals surface area contributed by atoms with Gasteiger partial charge in [0.25, 0.3) is 0 Å². The van der Waals surface area contributed by atoms with E-state index in [1.54, 1.807) is 26.0 Å². The zero-order chi connectivity index (χ0) is 25.7. The lowest BCUT2D eigenvalue weighted by molar-refractivity contribution is -0.168. The second kappa shape index (κ2) is 11.2. The summed E-state index contributed by atoms with van der Waals surface area (Å²) in [5.41, 5.74) is -1.80. The third-order valence-electron chi connectivity index (χ3n) is 5.10. The lowest BCUT2D eigenvalue weighted by Crippen LogP contribution is -2.62. The average molecular weight is 516 g/mol. The molecule has 0 spiro atoms. The molecule has 0 bridgehead atoms. The minimum absolute atomic E-state index is 0.0265. The van der Waals surface area contributed by atoms with Gasteiger partial charge in [-0.1, -0.05) is 18.5 Å². The zero-order valence-electron chi connectivity index (χ0n) is 19.5. The van der Waals surface area contributed by atoms with Crippen LogP contribution >= 0.6 is 19.2 Å². The van der Waals surface area contributed by atoms with Crippen LogP contribution in [0.15, 0.2) is 18.2 Å². The van der Waals surface area contributed by atoms with Gasteiger partial charge in [0.15, 0.2) is 0 Å². The molecule has 1 amide bonds. The molecule has 0 saturated carbocycles. The number of halogens is 1. The summed E-state index contributed by atoms with van der Waals surface area (Å²) in [6.07, 6.45) is -1.19. The summed E-state index contributed by atoms with van der Waals surface area (Å²) >= 11 is 6.06. The van der Waals surface area contributed by atoms with Crippen molar-refractivity contribution in [3.05, 3.63) is 34.6 Å². The Kier molecular flexibility index (Phi) is 9.13. The number of fused-ring (bicyclic) bond motifs is 1. The van der Waals surface area contributed by atoms with Crippen LogP contribution in [-0.4, -0.2) is 58.8 Å². The van der Waals surface area contributed by atoms with Crippen molar-refractivity contribution in [2.24, 2.45) is 0 Å². The number of nitrogens with zero attached hydrogens (tertiary/aromatic N) is 2. The van der Waals surface area contributed by atoms with Crippen LogP contribution < -0.4 is 5.32 Å².